The standard InChI is InChI=1S/C14H22N4O2/c1-2-8-18(11-13(19)20)12-6-7-15-14(16-12)17-9-4-3-5-10-17/h6-7H,2-5,8-11H2,1H3,(H,19,20). The molecule has 0 aliphatic carbocycles. The zero-order valence-electron chi connectivity index (χ0n) is 12.0. The number of carboxylic acids is 1. The first-order valence-electron chi connectivity index (χ1n) is 7.25. The first-order chi connectivity index (χ1) is 9.70. The van der Waals surface area contributed by atoms with Gasteiger partial charge in [0.25, 0.3) is 0 Å². The number of hydrogen-bond acceptors (Lipinski definition) is 5. The van der Waals surface area contributed by atoms with E-state index < -0.39 is 5.97 Å². The first-order valence-corrected chi connectivity index (χ1v) is 7.25. The maximum absolute atomic E-state index is 10.9. The molecule has 20 heavy (non-hydrogen) atoms. The van der Waals surface area contributed by atoms with Crippen molar-refractivity contribution in [1.82, 2.24) is 9.97 Å². The number of carbonyl (C=O) groups is 1. The number of rotatable bonds is 6. The zero-order chi connectivity index (χ0) is 14.4. The van der Waals surface area contributed by atoms with E-state index in [9.17, 15) is 4.79 Å². The summed E-state index contributed by atoms with van der Waals surface area (Å²) in [5, 5.41) is 8.99. The lowest BCUT2D eigenvalue weighted by atomic mass is 10.1. The molecule has 0 amide bonds. The number of nitrogens with zero attached hydrogens (tertiary/aromatic N) is 4. The van der Waals surface area contributed by atoms with Gasteiger partial charge in [0.2, 0.25) is 5.95 Å². The predicted molar refractivity (Wildman–Crippen MR) is 78.2 cm³/mol. The summed E-state index contributed by atoms with van der Waals surface area (Å²) < 4.78 is 0. The molecule has 0 atom stereocenters. The summed E-state index contributed by atoms with van der Waals surface area (Å²) in [6.45, 7) is 4.65. The van der Waals surface area contributed by atoms with Gasteiger partial charge >= 0.3 is 5.97 Å². The van der Waals surface area contributed by atoms with Crippen molar-refractivity contribution in [2.45, 2.75) is 32.6 Å². The number of piperidine rings is 1. The van der Waals surface area contributed by atoms with Gasteiger partial charge in [-0.15, -0.1) is 0 Å². The monoisotopic (exact) mass is 278 g/mol. The van der Waals surface area contributed by atoms with Gasteiger partial charge in [-0.1, -0.05) is 6.92 Å². The highest BCUT2D eigenvalue weighted by Gasteiger charge is 2.16. The van der Waals surface area contributed by atoms with Gasteiger partial charge in [-0.3, -0.25) is 4.79 Å². The highest BCUT2D eigenvalue weighted by molar-refractivity contribution is 5.73. The second-order valence-corrected chi connectivity index (χ2v) is 5.08. The third-order valence-electron chi connectivity index (χ3n) is 3.41. The van der Waals surface area contributed by atoms with Crippen molar-refractivity contribution < 1.29 is 9.90 Å². The van der Waals surface area contributed by atoms with E-state index in [1.165, 1.54) is 19.3 Å². The Morgan fingerprint density at radius 2 is 2.15 bits per heavy atom. The van der Waals surface area contributed by atoms with Crippen molar-refractivity contribution in [1.29, 1.82) is 0 Å². The van der Waals surface area contributed by atoms with Gasteiger partial charge in [0.05, 0.1) is 0 Å². The van der Waals surface area contributed by atoms with Gasteiger partial charge in [-0.2, -0.15) is 4.98 Å². The molecule has 1 aliphatic rings. The Morgan fingerprint density at radius 3 is 2.80 bits per heavy atom. The summed E-state index contributed by atoms with van der Waals surface area (Å²) in [7, 11) is 0. The SMILES string of the molecule is CCCN(CC(=O)O)c1ccnc(N2CCCCC2)n1. The Bertz CT molecular complexity index is 447. The van der Waals surface area contributed by atoms with Gasteiger partial charge in [0.1, 0.15) is 12.4 Å². The number of carboxylic acid groups (broad SMARTS) is 1. The normalized spacial score (nSPS) is 15.2. The van der Waals surface area contributed by atoms with Gasteiger partial charge < -0.3 is 14.9 Å². The lowest BCUT2D eigenvalue weighted by Crippen LogP contribution is -2.33. The molecule has 1 aliphatic heterocycles. The topological polar surface area (TPSA) is 69.6 Å². The van der Waals surface area contributed by atoms with Crippen LogP contribution in [0.25, 0.3) is 0 Å². The summed E-state index contributed by atoms with van der Waals surface area (Å²) in [6.07, 6.45) is 6.20. The predicted octanol–water partition coefficient (Wildman–Crippen LogP) is 1.77. The van der Waals surface area contributed by atoms with Crippen molar-refractivity contribution in [3.8, 4) is 0 Å². The molecule has 0 radical (unpaired) electrons. The summed E-state index contributed by atoms with van der Waals surface area (Å²) in [4.78, 5) is 23.8. The number of anilines is 2. The minimum absolute atomic E-state index is 0.0235. The molecule has 6 nitrogen and oxygen atoms in total. The molecule has 1 N–H and O–H groups in total. The van der Waals surface area contributed by atoms with E-state index in [1.807, 2.05) is 6.92 Å². The minimum atomic E-state index is -0.836. The lowest BCUT2D eigenvalue weighted by Gasteiger charge is -2.28. The van der Waals surface area contributed by atoms with E-state index in [2.05, 4.69) is 14.9 Å². The third kappa shape index (κ3) is 3.82. The molecule has 110 valence electrons. The largest absolute Gasteiger partial charge is 0.480 e. The van der Waals surface area contributed by atoms with Crippen LogP contribution in [0.2, 0.25) is 0 Å². The van der Waals surface area contributed by atoms with Gasteiger partial charge in [0.15, 0.2) is 0 Å². The molecular weight excluding hydrogens is 256 g/mol. The smallest absolute Gasteiger partial charge is 0.323 e. The highest BCUT2D eigenvalue weighted by Crippen LogP contribution is 2.18. The maximum atomic E-state index is 10.9. The molecule has 0 bridgehead atoms. The zero-order valence-corrected chi connectivity index (χ0v) is 12.0. The molecule has 6 heteroatoms. The Morgan fingerprint density at radius 1 is 1.40 bits per heavy atom. The Hall–Kier alpha value is -1.85. The average molecular weight is 278 g/mol. The lowest BCUT2D eigenvalue weighted by molar-refractivity contribution is -0.135. The molecule has 2 rings (SSSR count). The van der Waals surface area contributed by atoms with Crippen LogP contribution in [-0.4, -0.2) is 47.2 Å². The molecule has 0 aromatic carbocycles. The van der Waals surface area contributed by atoms with Crippen LogP contribution < -0.4 is 9.80 Å². The summed E-state index contributed by atoms with van der Waals surface area (Å²) in [5.74, 6) is 0.579. The van der Waals surface area contributed by atoms with Gasteiger partial charge in [-0.05, 0) is 31.7 Å². The van der Waals surface area contributed by atoms with E-state index >= 15 is 0 Å². The van der Waals surface area contributed by atoms with Crippen LogP contribution in [-0.2, 0) is 4.79 Å². The van der Waals surface area contributed by atoms with Crippen LogP contribution in [0.15, 0.2) is 12.3 Å². The molecule has 1 fully saturated rings. The Labute approximate surface area is 119 Å². The van der Waals surface area contributed by atoms with E-state index in [0.29, 0.717) is 18.3 Å². The minimum Gasteiger partial charge on any atom is -0.480 e. The van der Waals surface area contributed by atoms with Gasteiger partial charge in [0, 0.05) is 25.8 Å². The van der Waals surface area contributed by atoms with Crippen molar-refractivity contribution in [3.05, 3.63) is 12.3 Å². The Kier molecular flexibility index (Phi) is 5.15. The second kappa shape index (κ2) is 7.07. The summed E-state index contributed by atoms with van der Waals surface area (Å²) in [6, 6.07) is 1.78. The van der Waals surface area contributed by atoms with E-state index in [-0.39, 0.29) is 6.54 Å². The van der Waals surface area contributed by atoms with Crippen LogP contribution in [0.5, 0.6) is 0 Å². The van der Waals surface area contributed by atoms with Crippen LogP contribution in [0, 0.1) is 0 Å². The molecule has 1 aromatic rings. The fourth-order valence-corrected chi connectivity index (χ4v) is 2.47. The van der Waals surface area contributed by atoms with E-state index in [1.54, 1.807) is 17.2 Å². The molecule has 2 heterocycles. The number of hydrogen-bond donors (Lipinski definition) is 1. The number of aliphatic carboxylic acids is 1. The molecule has 0 unspecified atom stereocenters. The van der Waals surface area contributed by atoms with Crippen LogP contribution in [0.4, 0.5) is 11.8 Å². The van der Waals surface area contributed by atoms with Crippen LogP contribution in [0.1, 0.15) is 32.6 Å². The van der Waals surface area contributed by atoms with E-state index in [4.69, 9.17) is 5.11 Å². The van der Waals surface area contributed by atoms with Crippen molar-refractivity contribution in [2.24, 2.45) is 0 Å². The molecule has 1 aromatic heterocycles. The fourth-order valence-electron chi connectivity index (χ4n) is 2.47. The van der Waals surface area contributed by atoms with Crippen molar-refractivity contribution in [3.63, 3.8) is 0 Å². The third-order valence-corrected chi connectivity index (χ3v) is 3.41. The summed E-state index contributed by atoms with van der Waals surface area (Å²) >= 11 is 0. The average Bonchev–Trinajstić information content (AvgIpc) is 2.47. The van der Waals surface area contributed by atoms with Crippen molar-refractivity contribution in [2.75, 3.05) is 36.0 Å². The van der Waals surface area contributed by atoms with E-state index in [0.717, 1.165) is 19.5 Å². The molecule has 0 saturated carbocycles. The molecular formula is C14H22N4O2. The molecule has 0 spiro atoms. The van der Waals surface area contributed by atoms with Crippen LogP contribution in [0.3, 0.4) is 0 Å². The first kappa shape index (κ1) is 14.6. The molecule has 1 saturated heterocycles. The van der Waals surface area contributed by atoms with Crippen LogP contribution >= 0.6 is 0 Å². The Balaban J connectivity index is 2.15. The summed E-state index contributed by atoms with van der Waals surface area (Å²) in [5.41, 5.74) is 0. The maximum Gasteiger partial charge on any atom is 0.323 e. The fraction of sp³-hybridized carbons (Fsp3) is 0.643. The van der Waals surface area contributed by atoms with Crippen molar-refractivity contribution >= 4 is 17.7 Å². The number of aromatic nitrogens is 2. The quantitative estimate of drug-likeness (QED) is 0.855. The second-order valence-electron chi connectivity index (χ2n) is 5.08. The van der Waals surface area contributed by atoms with Gasteiger partial charge in [-0.25, -0.2) is 4.98 Å². The highest BCUT2D eigenvalue weighted by atomic mass is 16.4.